The van der Waals surface area contributed by atoms with Gasteiger partial charge in [0, 0.05) is 30.0 Å². The summed E-state index contributed by atoms with van der Waals surface area (Å²) in [6.45, 7) is 1.08. The lowest BCUT2D eigenvalue weighted by Gasteiger charge is -2.22. The van der Waals surface area contributed by atoms with Gasteiger partial charge in [0.15, 0.2) is 0 Å². The Kier molecular flexibility index (Phi) is 5.54. The van der Waals surface area contributed by atoms with Crippen LogP contribution >= 0.6 is 11.8 Å². The molecule has 0 radical (unpaired) electrons. The molecule has 1 heterocycles. The molecule has 0 bridgehead atoms. The lowest BCUT2D eigenvalue weighted by molar-refractivity contribution is -0.118. The Labute approximate surface area is 146 Å². The van der Waals surface area contributed by atoms with E-state index < -0.39 is 0 Å². The summed E-state index contributed by atoms with van der Waals surface area (Å²) < 4.78 is 0. The first kappa shape index (κ1) is 16.6. The van der Waals surface area contributed by atoms with E-state index in [2.05, 4.69) is 11.4 Å². The predicted octanol–water partition coefficient (Wildman–Crippen LogP) is 3.34. The standard InChI is InChI=1S/C19H20N2O2S/c22-18(11-12-20-19(23)15-7-2-1-3-8-15)21-13-6-14-24-17-10-5-4-9-16(17)21/h1-5,7-10H,6,11-14H2,(H,20,23). The average molecular weight is 340 g/mol. The van der Waals surface area contributed by atoms with Crippen LogP contribution in [0.3, 0.4) is 0 Å². The SMILES string of the molecule is O=C(NCCC(=O)N1CCCSc2ccccc21)c1ccccc1. The quantitative estimate of drug-likeness (QED) is 0.929. The van der Waals surface area contributed by atoms with Crippen LogP contribution in [0.15, 0.2) is 59.5 Å². The molecule has 5 heteroatoms. The van der Waals surface area contributed by atoms with Crippen LogP contribution in [0.25, 0.3) is 0 Å². The normalized spacial score (nSPS) is 13.8. The van der Waals surface area contributed by atoms with Gasteiger partial charge in [-0.2, -0.15) is 0 Å². The van der Waals surface area contributed by atoms with Crippen molar-refractivity contribution in [1.29, 1.82) is 0 Å². The molecule has 24 heavy (non-hydrogen) atoms. The van der Waals surface area contributed by atoms with E-state index in [1.807, 2.05) is 41.3 Å². The number of nitrogens with zero attached hydrogens (tertiary/aromatic N) is 1. The molecule has 0 saturated carbocycles. The second-order valence-electron chi connectivity index (χ2n) is 5.59. The van der Waals surface area contributed by atoms with E-state index in [1.54, 1.807) is 23.9 Å². The second kappa shape index (κ2) is 8.02. The minimum absolute atomic E-state index is 0.0540. The number of para-hydroxylation sites is 1. The summed E-state index contributed by atoms with van der Waals surface area (Å²) in [6, 6.07) is 17.1. The van der Waals surface area contributed by atoms with Crippen LogP contribution in [0.5, 0.6) is 0 Å². The number of carbonyl (C=O) groups is 2. The van der Waals surface area contributed by atoms with E-state index in [9.17, 15) is 9.59 Å². The maximum Gasteiger partial charge on any atom is 0.251 e. The van der Waals surface area contributed by atoms with E-state index in [0.29, 0.717) is 18.5 Å². The molecule has 0 unspecified atom stereocenters. The highest BCUT2D eigenvalue weighted by molar-refractivity contribution is 7.99. The second-order valence-corrected chi connectivity index (χ2v) is 6.72. The van der Waals surface area contributed by atoms with E-state index in [0.717, 1.165) is 29.3 Å². The lowest BCUT2D eigenvalue weighted by atomic mass is 10.2. The molecule has 0 aliphatic carbocycles. The van der Waals surface area contributed by atoms with Gasteiger partial charge in [-0.1, -0.05) is 30.3 Å². The minimum atomic E-state index is -0.143. The van der Waals surface area contributed by atoms with Gasteiger partial charge in [0.25, 0.3) is 5.91 Å². The first-order chi connectivity index (χ1) is 11.8. The van der Waals surface area contributed by atoms with Gasteiger partial charge in [0.1, 0.15) is 0 Å². The fourth-order valence-corrected chi connectivity index (χ4v) is 3.69. The summed E-state index contributed by atoms with van der Waals surface area (Å²) in [7, 11) is 0. The smallest absolute Gasteiger partial charge is 0.251 e. The Hall–Kier alpha value is -2.27. The Balaban J connectivity index is 1.58. The molecule has 4 nitrogen and oxygen atoms in total. The number of amides is 2. The maximum atomic E-state index is 12.6. The molecular weight excluding hydrogens is 320 g/mol. The fraction of sp³-hybridized carbons (Fsp3) is 0.263. The monoisotopic (exact) mass is 340 g/mol. The zero-order chi connectivity index (χ0) is 16.8. The highest BCUT2D eigenvalue weighted by atomic mass is 32.2. The van der Waals surface area contributed by atoms with E-state index in [-0.39, 0.29) is 11.8 Å². The van der Waals surface area contributed by atoms with Crippen molar-refractivity contribution in [3.63, 3.8) is 0 Å². The Morgan fingerprint density at radius 1 is 1.04 bits per heavy atom. The van der Waals surface area contributed by atoms with Gasteiger partial charge in [-0.05, 0) is 36.4 Å². The Bertz CT molecular complexity index is 718. The average Bonchev–Trinajstić information content (AvgIpc) is 2.85. The van der Waals surface area contributed by atoms with Gasteiger partial charge in [0.05, 0.1) is 5.69 Å². The van der Waals surface area contributed by atoms with E-state index >= 15 is 0 Å². The van der Waals surface area contributed by atoms with Gasteiger partial charge in [0.2, 0.25) is 5.91 Å². The van der Waals surface area contributed by atoms with Crippen molar-refractivity contribution in [1.82, 2.24) is 5.32 Å². The summed E-state index contributed by atoms with van der Waals surface area (Å²) >= 11 is 1.79. The van der Waals surface area contributed by atoms with Crippen molar-refractivity contribution >= 4 is 29.3 Å². The van der Waals surface area contributed by atoms with Crippen molar-refractivity contribution in [3.05, 3.63) is 60.2 Å². The van der Waals surface area contributed by atoms with Crippen molar-refractivity contribution in [3.8, 4) is 0 Å². The molecule has 124 valence electrons. The van der Waals surface area contributed by atoms with Gasteiger partial charge < -0.3 is 10.2 Å². The highest BCUT2D eigenvalue weighted by Gasteiger charge is 2.21. The molecule has 1 aliphatic heterocycles. The van der Waals surface area contributed by atoms with Crippen LogP contribution < -0.4 is 10.2 Å². The van der Waals surface area contributed by atoms with Crippen molar-refractivity contribution in [2.75, 3.05) is 23.7 Å². The molecule has 1 N–H and O–H groups in total. The molecule has 0 atom stereocenters. The Morgan fingerprint density at radius 2 is 1.79 bits per heavy atom. The van der Waals surface area contributed by atoms with Gasteiger partial charge >= 0.3 is 0 Å². The summed E-state index contributed by atoms with van der Waals surface area (Å²) in [6.07, 6.45) is 1.28. The molecule has 2 amide bonds. The third-order valence-corrected chi connectivity index (χ3v) is 5.05. The lowest BCUT2D eigenvalue weighted by Crippen LogP contribution is -2.35. The number of benzene rings is 2. The zero-order valence-electron chi connectivity index (χ0n) is 13.4. The third kappa shape index (κ3) is 3.97. The topological polar surface area (TPSA) is 49.4 Å². The molecule has 0 saturated heterocycles. The number of thioether (sulfide) groups is 1. The van der Waals surface area contributed by atoms with Crippen molar-refractivity contribution in [2.24, 2.45) is 0 Å². The van der Waals surface area contributed by atoms with Crippen molar-refractivity contribution in [2.45, 2.75) is 17.7 Å². The number of anilines is 1. The number of hydrogen-bond acceptors (Lipinski definition) is 3. The number of fused-ring (bicyclic) bond motifs is 1. The minimum Gasteiger partial charge on any atom is -0.352 e. The zero-order valence-corrected chi connectivity index (χ0v) is 14.2. The summed E-state index contributed by atoms with van der Waals surface area (Å²) in [4.78, 5) is 27.6. The van der Waals surface area contributed by atoms with Gasteiger partial charge in [-0.3, -0.25) is 9.59 Å². The molecule has 0 spiro atoms. The first-order valence-electron chi connectivity index (χ1n) is 8.11. The van der Waals surface area contributed by atoms with Crippen LogP contribution in [-0.4, -0.2) is 30.7 Å². The van der Waals surface area contributed by atoms with Crippen LogP contribution in [-0.2, 0) is 4.79 Å². The van der Waals surface area contributed by atoms with Gasteiger partial charge in [-0.25, -0.2) is 0 Å². The molecule has 0 fully saturated rings. The number of hydrogen-bond donors (Lipinski definition) is 1. The van der Waals surface area contributed by atoms with Crippen LogP contribution in [0, 0.1) is 0 Å². The van der Waals surface area contributed by atoms with Crippen LogP contribution in [0.1, 0.15) is 23.2 Å². The summed E-state index contributed by atoms with van der Waals surface area (Å²) in [5, 5.41) is 2.82. The Morgan fingerprint density at radius 3 is 2.62 bits per heavy atom. The molecule has 1 aliphatic rings. The van der Waals surface area contributed by atoms with Crippen LogP contribution in [0.2, 0.25) is 0 Å². The first-order valence-corrected chi connectivity index (χ1v) is 9.10. The number of nitrogens with one attached hydrogen (secondary N) is 1. The largest absolute Gasteiger partial charge is 0.352 e. The van der Waals surface area contributed by atoms with E-state index in [4.69, 9.17) is 0 Å². The summed E-state index contributed by atoms with van der Waals surface area (Å²) in [5.41, 5.74) is 1.60. The molecular formula is C19H20N2O2S. The fourth-order valence-electron chi connectivity index (χ4n) is 2.70. The molecule has 2 aromatic rings. The predicted molar refractivity (Wildman–Crippen MR) is 97.5 cm³/mol. The molecule has 2 aromatic carbocycles. The summed E-state index contributed by atoms with van der Waals surface area (Å²) in [5.74, 6) is 0.930. The molecule has 0 aromatic heterocycles. The van der Waals surface area contributed by atoms with Gasteiger partial charge in [-0.15, -0.1) is 11.8 Å². The third-order valence-electron chi connectivity index (χ3n) is 3.90. The van der Waals surface area contributed by atoms with Crippen molar-refractivity contribution < 1.29 is 9.59 Å². The highest BCUT2D eigenvalue weighted by Crippen LogP contribution is 2.33. The van der Waals surface area contributed by atoms with Crippen LogP contribution in [0.4, 0.5) is 5.69 Å². The maximum absolute atomic E-state index is 12.6. The number of rotatable bonds is 4. The number of carbonyl (C=O) groups excluding carboxylic acids is 2. The van der Waals surface area contributed by atoms with E-state index in [1.165, 1.54) is 0 Å². The molecule has 3 rings (SSSR count).